The van der Waals surface area contributed by atoms with Crippen LogP contribution < -0.4 is 0 Å². The molecule has 5 heteroatoms. The van der Waals surface area contributed by atoms with Gasteiger partial charge in [-0.3, -0.25) is 0 Å². The van der Waals surface area contributed by atoms with Crippen molar-refractivity contribution in [2.45, 2.75) is 24.7 Å². The van der Waals surface area contributed by atoms with Gasteiger partial charge < -0.3 is 0 Å². The van der Waals surface area contributed by atoms with Crippen LogP contribution in [0.5, 0.6) is 0 Å². The third kappa shape index (κ3) is 3.67. The van der Waals surface area contributed by atoms with Gasteiger partial charge in [0.25, 0.3) is 0 Å². The van der Waals surface area contributed by atoms with Crippen LogP contribution in [0.4, 0.5) is 0 Å². The molecule has 1 aromatic rings. The van der Waals surface area contributed by atoms with E-state index in [9.17, 15) is 8.42 Å². The number of sulfonamides is 1. The van der Waals surface area contributed by atoms with Crippen molar-refractivity contribution in [1.29, 1.82) is 0 Å². The number of hydrogen-bond donors (Lipinski definition) is 0. The highest BCUT2D eigenvalue weighted by Gasteiger charge is 2.22. The van der Waals surface area contributed by atoms with Gasteiger partial charge in [-0.2, -0.15) is 0 Å². The molecular formula is C13H18BrNO2S. The summed E-state index contributed by atoms with van der Waals surface area (Å²) in [5.41, 5.74) is 0.758. The molecule has 0 saturated heterocycles. The zero-order valence-corrected chi connectivity index (χ0v) is 13.1. The molecule has 0 bridgehead atoms. The second-order valence-electron chi connectivity index (χ2n) is 4.17. The second-order valence-corrected chi connectivity index (χ2v) is 7.10. The van der Waals surface area contributed by atoms with Crippen molar-refractivity contribution < 1.29 is 8.42 Å². The highest BCUT2D eigenvalue weighted by molar-refractivity contribution is 9.10. The van der Waals surface area contributed by atoms with Gasteiger partial charge in [0.1, 0.15) is 0 Å². The number of aryl methyl sites for hydroxylation is 1. The van der Waals surface area contributed by atoms with Gasteiger partial charge in [-0.05, 0) is 37.5 Å². The standard InChI is InChI=1S/C13H18BrNO2S/c1-4-5-6-9-15(3)18(16,17)13-10-12(14)8-7-11(13)2/h4,7-8,10H,1,5-6,9H2,2-3H3. The molecule has 18 heavy (non-hydrogen) atoms. The molecule has 0 amide bonds. The number of unbranched alkanes of at least 4 members (excludes halogenated alkanes) is 1. The van der Waals surface area contributed by atoms with E-state index >= 15 is 0 Å². The molecule has 1 rings (SSSR count). The smallest absolute Gasteiger partial charge is 0.207 e. The van der Waals surface area contributed by atoms with E-state index in [2.05, 4.69) is 22.5 Å². The van der Waals surface area contributed by atoms with E-state index in [4.69, 9.17) is 0 Å². The molecule has 3 nitrogen and oxygen atoms in total. The first-order valence-electron chi connectivity index (χ1n) is 5.73. The van der Waals surface area contributed by atoms with Gasteiger partial charge in [0.15, 0.2) is 0 Å². The van der Waals surface area contributed by atoms with E-state index in [1.165, 1.54) is 4.31 Å². The van der Waals surface area contributed by atoms with Crippen LogP contribution in [-0.4, -0.2) is 26.3 Å². The molecule has 0 heterocycles. The van der Waals surface area contributed by atoms with Crippen molar-refractivity contribution in [1.82, 2.24) is 4.31 Å². The number of rotatable bonds is 6. The molecule has 0 aliphatic carbocycles. The molecule has 0 atom stereocenters. The number of benzene rings is 1. The SMILES string of the molecule is C=CCCCN(C)S(=O)(=O)c1cc(Br)ccc1C. The van der Waals surface area contributed by atoms with Gasteiger partial charge >= 0.3 is 0 Å². The Kier molecular flexibility index (Phi) is 5.56. The van der Waals surface area contributed by atoms with Crippen LogP contribution in [0.1, 0.15) is 18.4 Å². The van der Waals surface area contributed by atoms with Crippen LogP contribution in [0, 0.1) is 6.92 Å². The van der Waals surface area contributed by atoms with E-state index in [0.29, 0.717) is 11.4 Å². The lowest BCUT2D eigenvalue weighted by atomic mass is 10.2. The fourth-order valence-electron chi connectivity index (χ4n) is 1.60. The molecule has 0 fully saturated rings. The maximum atomic E-state index is 12.4. The Morgan fingerprint density at radius 2 is 2.11 bits per heavy atom. The summed E-state index contributed by atoms with van der Waals surface area (Å²) in [5.74, 6) is 0. The molecule has 0 radical (unpaired) electrons. The molecule has 0 aliphatic heterocycles. The van der Waals surface area contributed by atoms with Gasteiger partial charge in [0.2, 0.25) is 10.0 Å². The maximum absolute atomic E-state index is 12.4. The molecule has 0 N–H and O–H groups in total. The molecule has 1 aromatic carbocycles. The first-order valence-corrected chi connectivity index (χ1v) is 7.96. The fraction of sp³-hybridized carbons (Fsp3) is 0.385. The largest absolute Gasteiger partial charge is 0.243 e. The van der Waals surface area contributed by atoms with Crippen LogP contribution >= 0.6 is 15.9 Å². The summed E-state index contributed by atoms with van der Waals surface area (Å²) in [7, 11) is -1.79. The van der Waals surface area contributed by atoms with Crippen LogP contribution in [0.15, 0.2) is 40.2 Å². The average molecular weight is 332 g/mol. The Bertz CT molecular complexity index is 526. The van der Waals surface area contributed by atoms with E-state index in [-0.39, 0.29) is 0 Å². The van der Waals surface area contributed by atoms with Crippen molar-refractivity contribution in [2.24, 2.45) is 0 Å². The number of allylic oxidation sites excluding steroid dienone is 1. The summed E-state index contributed by atoms with van der Waals surface area (Å²) in [4.78, 5) is 0.359. The third-order valence-electron chi connectivity index (χ3n) is 2.72. The highest BCUT2D eigenvalue weighted by atomic mass is 79.9. The Morgan fingerprint density at radius 1 is 1.44 bits per heavy atom. The van der Waals surface area contributed by atoms with Crippen LogP contribution in [0.25, 0.3) is 0 Å². The summed E-state index contributed by atoms with van der Waals surface area (Å²) >= 11 is 3.31. The molecule has 0 unspecified atom stereocenters. The van der Waals surface area contributed by atoms with Gasteiger partial charge in [-0.25, -0.2) is 12.7 Å². The predicted molar refractivity (Wildman–Crippen MR) is 78.1 cm³/mol. The van der Waals surface area contributed by atoms with E-state index < -0.39 is 10.0 Å². The minimum atomic E-state index is -3.40. The quantitative estimate of drug-likeness (QED) is 0.592. The Morgan fingerprint density at radius 3 is 2.72 bits per heavy atom. The van der Waals surface area contributed by atoms with Crippen LogP contribution in [0.3, 0.4) is 0 Å². The predicted octanol–water partition coefficient (Wildman–Crippen LogP) is 3.34. The molecule has 0 aromatic heterocycles. The highest BCUT2D eigenvalue weighted by Crippen LogP contribution is 2.23. The Labute approximate surface area is 118 Å². The first kappa shape index (κ1) is 15.4. The first-order chi connectivity index (χ1) is 8.39. The summed E-state index contributed by atoms with van der Waals surface area (Å²) in [5, 5.41) is 0. The normalized spacial score (nSPS) is 11.8. The average Bonchev–Trinajstić information content (AvgIpc) is 2.32. The lowest BCUT2D eigenvalue weighted by molar-refractivity contribution is 0.462. The van der Waals surface area contributed by atoms with Gasteiger partial charge in [0, 0.05) is 18.1 Å². The van der Waals surface area contributed by atoms with Gasteiger partial charge in [0.05, 0.1) is 4.90 Å². The van der Waals surface area contributed by atoms with Gasteiger partial charge in [-0.1, -0.05) is 28.1 Å². The number of hydrogen-bond acceptors (Lipinski definition) is 2. The monoisotopic (exact) mass is 331 g/mol. The lowest BCUT2D eigenvalue weighted by Gasteiger charge is -2.18. The minimum absolute atomic E-state index is 0.359. The van der Waals surface area contributed by atoms with Crippen molar-refractivity contribution >= 4 is 26.0 Å². The molecule has 0 spiro atoms. The molecule has 0 aliphatic rings. The van der Waals surface area contributed by atoms with Gasteiger partial charge in [-0.15, -0.1) is 6.58 Å². The van der Waals surface area contributed by atoms with Crippen molar-refractivity contribution in [2.75, 3.05) is 13.6 Å². The second kappa shape index (κ2) is 6.50. The molecule has 100 valence electrons. The topological polar surface area (TPSA) is 37.4 Å². The number of halogens is 1. The third-order valence-corrected chi connectivity index (χ3v) is 5.21. The van der Waals surface area contributed by atoms with Crippen molar-refractivity contribution in [3.63, 3.8) is 0 Å². The van der Waals surface area contributed by atoms with Crippen LogP contribution in [0.2, 0.25) is 0 Å². The van der Waals surface area contributed by atoms with E-state index in [1.54, 1.807) is 32.2 Å². The molecule has 0 saturated carbocycles. The number of nitrogens with zero attached hydrogens (tertiary/aromatic N) is 1. The lowest BCUT2D eigenvalue weighted by Crippen LogP contribution is -2.28. The van der Waals surface area contributed by atoms with Crippen molar-refractivity contribution in [3.8, 4) is 0 Å². The zero-order chi connectivity index (χ0) is 13.8. The van der Waals surface area contributed by atoms with Crippen molar-refractivity contribution in [3.05, 3.63) is 40.9 Å². The fourth-order valence-corrected chi connectivity index (χ4v) is 3.57. The summed E-state index contributed by atoms with van der Waals surface area (Å²) in [6.45, 7) is 5.93. The summed E-state index contributed by atoms with van der Waals surface area (Å²) in [6.07, 6.45) is 3.40. The van der Waals surface area contributed by atoms with Crippen LogP contribution in [-0.2, 0) is 10.0 Å². The zero-order valence-electron chi connectivity index (χ0n) is 10.7. The summed E-state index contributed by atoms with van der Waals surface area (Å²) < 4.78 is 26.9. The molecular weight excluding hydrogens is 314 g/mol. The van der Waals surface area contributed by atoms with E-state index in [0.717, 1.165) is 22.9 Å². The summed E-state index contributed by atoms with van der Waals surface area (Å²) in [6, 6.07) is 5.29. The minimum Gasteiger partial charge on any atom is -0.207 e. The maximum Gasteiger partial charge on any atom is 0.243 e. The Balaban J connectivity index is 2.98. The van der Waals surface area contributed by atoms with E-state index in [1.807, 2.05) is 6.07 Å². The Hall–Kier alpha value is -0.650.